The number of thioether (sulfide) groups is 1. The van der Waals surface area contributed by atoms with Crippen LogP contribution < -0.4 is 10.2 Å². The topological polar surface area (TPSA) is 27.6 Å². The number of fused-ring (bicyclic) bond motifs is 6. The summed E-state index contributed by atoms with van der Waals surface area (Å²) in [5, 5.41) is 4.42. The van der Waals surface area contributed by atoms with Gasteiger partial charge in [0.2, 0.25) is 0 Å². The largest absolute Gasteiger partial charge is 0.333 e. The molecule has 0 spiro atoms. The van der Waals surface area contributed by atoms with Gasteiger partial charge in [-0.15, -0.1) is 11.8 Å². The van der Waals surface area contributed by atoms with Crippen molar-refractivity contribution in [1.82, 2.24) is 5.32 Å². The summed E-state index contributed by atoms with van der Waals surface area (Å²) in [4.78, 5) is 9.52. The predicted molar refractivity (Wildman–Crippen MR) is 184 cm³/mol. The van der Waals surface area contributed by atoms with Gasteiger partial charge in [0.05, 0.1) is 23.0 Å². The van der Waals surface area contributed by atoms with Gasteiger partial charge in [0.25, 0.3) is 0 Å². The number of nitrogens with zero attached hydrogens (tertiary/aromatic N) is 2. The van der Waals surface area contributed by atoms with Crippen molar-refractivity contribution in [3.05, 3.63) is 150 Å². The first-order valence-corrected chi connectivity index (χ1v) is 17.2. The van der Waals surface area contributed by atoms with Crippen LogP contribution in [0.5, 0.6) is 0 Å². The van der Waals surface area contributed by atoms with Crippen molar-refractivity contribution >= 4 is 28.8 Å². The lowest BCUT2D eigenvalue weighted by molar-refractivity contribution is 0.293. The minimum Gasteiger partial charge on any atom is -0.333 e. The van der Waals surface area contributed by atoms with Gasteiger partial charge in [-0.25, -0.2) is 0 Å². The van der Waals surface area contributed by atoms with Gasteiger partial charge in [0.1, 0.15) is 6.17 Å². The first-order valence-electron chi connectivity index (χ1n) is 16.3. The van der Waals surface area contributed by atoms with E-state index in [1.54, 1.807) is 0 Å². The molecule has 9 rings (SSSR count). The van der Waals surface area contributed by atoms with E-state index in [-0.39, 0.29) is 6.17 Å². The molecule has 0 saturated carbocycles. The number of hydrogen-bond acceptors (Lipinski definition) is 4. The number of benzene rings is 3. The van der Waals surface area contributed by atoms with Gasteiger partial charge in [-0.3, -0.25) is 10.3 Å². The normalized spacial score (nSPS) is 31.2. The van der Waals surface area contributed by atoms with Gasteiger partial charge in [0, 0.05) is 28.1 Å². The molecule has 3 aliphatic carbocycles. The molecule has 3 heterocycles. The van der Waals surface area contributed by atoms with Gasteiger partial charge >= 0.3 is 0 Å². The van der Waals surface area contributed by atoms with Gasteiger partial charge < -0.3 is 4.90 Å². The highest BCUT2D eigenvalue weighted by molar-refractivity contribution is 8.01. The van der Waals surface area contributed by atoms with E-state index in [1.807, 2.05) is 11.8 Å². The lowest BCUT2D eigenvalue weighted by atomic mass is 9.76. The Morgan fingerprint density at radius 3 is 2.59 bits per heavy atom. The molecule has 4 heteroatoms. The monoisotopic (exact) mass is 591 g/mol. The van der Waals surface area contributed by atoms with Crippen LogP contribution in [0.25, 0.3) is 0 Å². The number of anilines is 2. The molecule has 0 saturated heterocycles. The molecule has 0 bridgehead atoms. The zero-order valence-electron chi connectivity index (χ0n) is 24.8. The van der Waals surface area contributed by atoms with Crippen LogP contribution in [0.4, 0.5) is 11.4 Å². The molecule has 7 atom stereocenters. The maximum Gasteiger partial charge on any atom is 0.103 e. The first-order chi connectivity index (χ1) is 21.8. The summed E-state index contributed by atoms with van der Waals surface area (Å²) in [5.74, 6) is 1.17. The smallest absolute Gasteiger partial charge is 0.103 e. The highest BCUT2D eigenvalue weighted by Gasteiger charge is 2.44. The Balaban J connectivity index is 1.07. The fraction of sp³-hybridized carbons (Fsp3) is 0.275. The second-order valence-electron chi connectivity index (χ2n) is 12.9. The lowest BCUT2D eigenvalue weighted by Crippen LogP contribution is -2.48. The van der Waals surface area contributed by atoms with E-state index >= 15 is 0 Å². The molecule has 1 N–H and O–H groups in total. The minimum absolute atomic E-state index is 0.101. The molecule has 0 amide bonds. The molecule has 0 fully saturated rings. The average Bonchev–Trinajstić information content (AvgIpc) is 3.65. The Kier molecular flexibility index (Phi) is 6.60. The van der Waals surface area contributed by atoms with E-state index in [0.29, 0.717) is 35.1 Å². The van der Waals surface area contributed by atoms with E-state index in [0.717, 1.165) is 25.7 Å². The molecular weight excluding hydrogens is 555 g/mol. The number of hydrogen-bond donors (Lipinski definition) is 1. The second-order valence-corrected chi connectivity index (χ2v) is 14.0. The zero-order valence-corrected chi connectivity index (χ0v) is 25.6. The summed E-state index contributed by atoms with van der Waals surface area (Å²) in [5.41, 5.74) is 9.66. The molecule has 3 aromatic carbocycles. The third kappa shape index (κ3) is 4.34. The van der Waals surface area contributed by atoms with E-state index in [9.17, 15) is 0 Å². The SMILES string of the molecule is C1=CC2c3c(C4C=CCC(C5N=C(C6=CCCC=C6)C6Sc7ccccc7C6N5)C4)cccc3N(c3ccccc3)C2C=C1. The van der Waals surface area contributed by atoms with Crippen molar-refractivity contribution < 1.29 is 0 Å². The Hall–Kier alpha value is -3.86. The Morgan fingerprint density at radius 2 is 1.68 bits per heavy atom. The van der Waals surface area contributed by atoms with Crippen LogP contribution >= 0.6 is 11.8 Å². The van der Waals surface area contributed by atoms with E-state index in [2.05, 4.69) is 138 Å². The fourth-order valence-corrected chi connectivity index (χ4v) is 9.81. The van der Waals surface area contributed by atoms with E-state index in [4.69, 9.17) is 4.99 Å². The second kappa shape index (κ2) is 10.9. The summed E-state index contributed by atoms with van der Waals surface area (Å²) >= 11 is 1.99. The molecule has 3 nitrogen and oxygen atoms in total. The van der Waals surface area contributed by atoms with Crippen molar-refractivity contribution in [3.8, 4) is 0 Å². The number of para-hydroxylation sites is 1. The zero-order chi connectivity index (χ0) is 29.0. The molecule has 0 aromatic heterocycles. The Morgan fingerprint density at radius 1 is 0.818 bits per heavy atom. The van der Waals surface area contributed by atoms with E-state index < -0.39 is 0 Å². The summed E-state index contributed by atoms with van der Waals surface area (Å²) < 4.78 is 0. The highest BCUT2D eigenvalue weighted by atomic mass is 32.2. The molecule has 7 unspecified atom stereocenters. The fourth-order valence-electron chi connectivity index (χ4n) is 8.38. The van der Waals surface area contributed by atoms with Crippen LogP contribution in [0.2, 0.25) is 0 Å². The molecule has 3 aromatic rings. The molecule has 6 aliphatic rings. The maximum absolute atomic E-state index is 5.58. The average molecular weight is 592 g/mol. The Bertz CT molecular complexity index is 1780. The quantitative estimate of drug-likeness (QED) is 0.306. The van der Waals surface area contributed by atoms with Crippen LogP contribution in [-0.4, -0.2) is 23.2 Å². The highest BCUT2D eigenvalue weighted by Crippen LogP contribution is 2.52. The van der Waals surface area contributed by atoms with Crippen LogP contribution in [0.3, 0.4) is 0 Å². The number of aliphatic imine (C=N–C) groups is 1. The van der Waals surface area contributed by atoms with Crippen molar-refractivity contribution in [2.24, 2.45) is 10.9 Å². The van der Waals surface area contributed by atoms with Crippen molar-refractivity contribution in [1.29, 1.82) is 0 Å². The van der Waals surface area contributed by atoms with Crippen molar-refractivity contribution in [3.63, 3.8) is 0 Å². The predicted octanol–water partition coefficient (Wildman–Crippen LogP) is 9.33. The summed E-state index contributed by atoms with van der Waals surface area (Å²) in [6.07, 6.45) is 25.7. The summed E-state index contributed by atoms with van der Waals surface area (Å²) in [6.45, 7) is 0. The van der Waals surface area contributed by atoms with Crippen LogP contribution in [0, 0.1) is 5.92 Å². The molecule has 0 radical (unpaired) electrons. The van der Waals surface area contributed by atoms with Crippen molar-refractivity contribution in [2.45, 2.75) is 65.9 Å². The van der Waals surface area contributed by atoms with Crippen LogP contribution in [-0.2, 0) is 0 Å². The van der Waals surface area contributed by atoms with Gasteiger partial charge in [-0.2, -0.15) is 0 Å². The number of nitrogens with one attached hydrogen (secondary N) is 1. The summed E-state index contributed by atoms with van der Waals surface area (Å²) in [6, 6.07) is 27.5. The number of rotatable bonds is 4. The summed E-state index contributed by atoms with van der Waals surface area (Å²) in [7, 11) is 0. The molecule has 44 heavy (non-hydrogen) atoms. The van der Waals surface area contributed by atoms with E-state index in [1.165, 1.54) is 44.2 Å². The lowest BCUT2D eigenvalue weighted by Gasteiger charge is -2.38. The van der Waals surface area contributed by atoms with Crippen LogP contribution in [0.1, 0.15) is 60.3 Å². The van der Waals surface area contributed by atoms with Crippen molar-refractivity contribution in [2.75, 3.05) is 4.90 Å². The van der Waals surface area contributed by atoms with Gasteiger partial charge in [-0.1, -0.05) is 103 Å². The molecule has 218 valence electrons. The molecule has 3 aliphatic heterocycles. The third-order valence-electron chi connectivity index (χ3n) is 10.4. The molecular formula is C40H37N3S. The standard InChI is InChI=1S/C40H37N3S/c1-3-13-26(14-4-1)37-39-38(32-20-8-10-24-35(32)44-39)42-40(41-37)28-16-11-15-27(25-28)30-21-12-23-34-36(30)31-19-7-9-22-33(31)43(34)29-17-5-2-6-18-29/h2-3,5-15,17-24,27-28,31,33,38-40,42H,1,4,16,25H2. The maximum atomic E-state index is 5.58. The number of allylic oxidation sites excluding steroid dienone is 8. The third-order valence-corrected chi connectivity index (χ3v) is 11.7. The minimum atomic E-state index is 0.101. The van der Waals surface area contributed by atoms with Crippen LogP contribution in [0.15, 0.2) is 143 Å². The van der Waals surface area contributed by atoms with Gasteiger partial charge in [-0.05, 0) is 78.1 Å². The Labute approximate surface area is 264 Å². The first kappa shape index (κ1) is 26.5. The van der Waals surface area contributed by atoms with Gasteiger partial charge in [0.15, 0.2) is 0 Å².